The van der Waals surface area contributed by atoms with Gasteiger partial charge in [-0.05, 0) is 56.2 Å². The Balaban J connectivity index is 1.54. The van der Waals surface area contributed by atoms with Crippen LogP contribution in [0.4, 0.5) is 4.79 Å². The molecule has 1 aromatic rings. The van der Waals surface area contributed by atoms with Crippen LogP contribution in [-0.4, -0.2) is 48.3 Å². The molecule has 2 amide bonds. The third-order valence-electron chi connectivity index (χ3n) is 5.40. The number of nitrogens with one attached hydrogen (secondary N) is 1. The van der Waals surface area contributed by atoms with E-state index in [4.69, 9.17) is 14.6 Å². The standard InChI is InChI=1S/C20H28N2O5/c1-26-17-7-6-14(12-18(17)27-16-4-2-3-5-16)13-21-20(25)22-10-8-15(9-11-22)19(23)24/h6-7,12,15-16H,2-5,8-11,13H2,1H3,(H,21,25)(H,23,24). The van der Waals surface area contributed by atoms with E-state index in [1.54, 1.807) is 12.0 Å². The first-order chi connectivity index (χ1) is 13.1. The largest absolute Gasteiger partial charge is 0.493 e. The Morgan fingerprint density at radius 1 is 1.15 bits per heavy atom. The summed E-state index contributed by atoms with van der Waals surface area (Å²) in [5, 5.41) is 12.0. The second-order valence-electron chi connectivity index (χ2n) is 7.27. The number of ether oxygens (including phenoxy) is 2. The topological polar surface area (TPSA) is 88.1 Å². The molecular weight excluding hydrogens is 348 g/mol. The minimum absolute atomic E-state index is 0.159. The number of rotatable bonds is 6. The van der Waals surface area contributed by atoms with Crippen LogP contribution in [0.25, 0.3) is 0 Å². The molecule has 148 valence electrons. The van der Waals surface area contributed by atoms with Gasteiger partial charge in [0.25, 0.3) is 0 Å². The van der Waals surface area contributed by atoms with Crippen LogP contribution in [0.5, 0.6) is 11.5 Å². The predicted molar refractivity (Wildman–Crippen MR) is 100 cm³/mol. The maximum absolute atomic E-state index is 12.3. The zero-order valence-corrected chi connectivity index (χ0v) is 15.8. The van der Waals surface area contributed by atoms with Crippen LogP contribution in [0.1, 0.15) is 44.1 Å². The number of piperidine rings is 1. The van der Waals surface area contributed by atoms with Gasteiger partial charge in [0, 0.05) is 19.6 Å². The van der Waals surface area contributed by atoms with Crippen LogP contribution >= 0.6 is 0 Å². The Hall–Kier alpha value is -2.44. The quantitative estimate of drug-likeness (QED) is 0.797. The smallest absolute Gasteiger partial charge is 0.317 e. The Morgan fingerprint density at radius 2 is 1.85 bits per heavy atom. The van der Waals surface area contributed by atoms with Gasteiger partial charge in [0.1, 0.15) is 0 Å². The highest BCUT2D eigenvalue weighted by Gasteiger charge is 2.27. The maximum Gasteiger partial charge on any atom is 0.317 e. The number of nitrogens with zero attached hydrogens (tertiary/aromatic N) is 1. The molecule has 2 fully saturated rings. The van der Waals surface area contributed by atoms with E-state index in [2.05, 4.69) is 5.32 Å². The maximum atomic E-state index is 12.3. The first kappa shape index (κ1) is 19.3. The lowest BCUT2D eigenvalue weighted by atomic mass is 9.97. The molecule has 1 aliphatic carbocycles. The predicted octanol–water partition coefficient (Wildman–Crippen LogP) is 3.02. The van der Waals surface area contributed by atoms with Crippen molar-refractivity contribution < 1.29 is 24.2 Å². The number of urea groups is 1. The van der Waals surface area contributed by atoms with Gasteiger partial charge in [0.2, 0.25) is 0 Å². The summed E-state index contributed by atoms with van der Waals surface area (Å²) in [6, 6.07) is 5.54. The molecule has 1 heterocycles. The lowest BCUT2D eigenvalue weighted by molar-refractivity contribution is -0.143. The van der Waals surface area contributed by atoms with Crippen molar-refractivity contribution in [3.8, 4) is 11.5 Å². The minimum Gasteiger partial charge on any atom is -0.493 e. The molecule has 7 nitrogen and oxygen atoms in total. The van der Waals surface area contributed by atoms with Gasteiger partial charge in [-0.25, -0.2) is 4.79 Å². The van der Waals surface area contributed by atoms with Crippen molar-refractivity contribution in [3.63, 3.8) is 0 Å². The minimum atomic E-state index is -0.775. The van der Waals surface area contributed by atoms with Crippen LogP contribution < -0.4 is 14.8 Å². The van der Waals surface area contributed by atoms with E-state index in [1.807, 2.05) is 18.2 Å². The van der Waals surface area contributed by atoms with Crippen LogP contribution in [0.15, 0.2) is 18.2 Å². The van der Waals surface area contributed by atoms with E-state index in [9.17, 15) is 9.59 Å². The molecule has 1 aliphatic heterocycles. The van der Waals surface area contributed by atoms with Crippen molar-refractivity contribution in [3.05, 3.63) is 23.8 Å². The fraction of sp³-hybridized carbons (Fsp3) is 0.600. The van der Waals surface area contributed by atoms with Crippen molar-refractivity contribution in [1.29, 1.82) is 0 Å². The Bertz CT molecular complexity index is 664. The molecule has 7 heteroatoms. The Morgan fingerprint density at radius 3 is 2.48 bits per heavy atom. The molecule has 0 atom stereocenters. The van der Waals surface area contributed by atoms with Crippen LogP contribution in [0.3, 0.4) is 0 Å². The zero-order chi connectivity index (χ0) is 19.2. The second-order valence-corrected chi connectivity index (χ2v) is 7.27. The van der Waals surface area contributed by atoms with Crippen molar-refractivity contribution in [2.45, 2.75) is 51.2 Å². The third kappa shape index (κ3) is 5.05. The summed E-state index contributed by atoms with van der Waals surface area (Å²) >= 11 is 0. The SMILES string of the molecule is COc1ccc(CNC(=O)N2CCC(C(=O)O)CC2)cc1OC1CCCC1. The van der Waals surface area contributed by atoms with Crippen molar-refractivity contribution >= 4 is 12.0 Å². The number of carbonyl (C=O) groups excluding carboxylic acids is 1. The highest BCUT2D eigenvalue weighted by molar-refractivity contribution is 5.75. The van der Waals surface area contributed by atoms with Gasteiger partial charge in [-0.15, -0.1) is 0 Å². The summed E-state index contributed by atoms with van der Waals surface area (Å²) in [6.07, 6.45) is 5.77. The van der Waals surface area contributed by atoms with Crippen LogP contribution in [0.2, 0.25) is 0 Å². The molecule has 0 bridgehead atoms. The molecular formula is C20H28N2O5. The van der Waals surface area contributed by atoms with Gasteiger partial charge in [-0.2, -0.15) is 0 Å². The first-order valence-corrected chi connectivity index (χ1v) is 9.66. The molecule has 1 saturated heterocycles. The first-order valence-electron chi connectivity index (χ1n) is 9.66. The van der Waals surface area contributed by atoms with Gasteiger partial charge < -0.3 is 24.8 Å². The Labute approximate surface area is 159 Å². The molecule has 0 spiro atoms. The van der Waals surface area contributed by atoms with Gasteiger partial charge >= 0.3 is 12.0 Å². The summed E-state index contributed by atoms with van der Waals surface area (Å²) in [5.74, 6) is 0.306. The van der Waals surface area contributed by atoms with E-state index in [-0.39, 0.29) is 18.1 Å². The summed E-state index contributed by atoms with van der Waals surface area (Å²) in [5.41, 5.74) is 0.942. The third-order valence-corrected chi connectivity index (χ3v) is 5.40. The number of benzene rings is 1. The number of carbonyl (C=O) groups is 2. The fourth-order valence-electron chi connectivity index (χ4n) is 3.73. The van der Waals surface area contributed by atoms with Crippen molar-refractivity contribution in [2.75, 3.05) is 20.2 Å². The van der Waals surface area contributed by atoms with E-state index < -0.39 is 5.97 Å². The monoisotopic (exact) mass is 376 g/mol. The number of hydrogen-bond donors (Lipinski definition) is 2. The lowest BCUT2D eigenvalue weighted by Gasteiger charge is -2.30. The highest BCUT2D eigenvalue weighted by atomic mass is 16.5. The molecule has 1 aromatic carbocycles. The summed E-state index contributed by atoms with van der Waals surface area (Å²) in [6.45, 7) is 1.34. The van der Waals surface area contributed by atoms with Gasteiger partial charge in [-0.1, -0.05) is 6.07 Å². The molecule has 0 aromatic heterocycles. The molecule has 2 aliphatic rings. The fourth-order valence-corrected chi connectivity index (χ4v) is 3.73. The van der Waals surface area contributed by atoms with Gasteiger partial charge in [-0.3, -0.25) is 4.79 Å². The van der Waals surface area contributed by atoms with Crippen LogP contribution in [-0.2, 0) is 11.3 Å². The average Bonchev–Trinajstić information content (AvgIpc) is 3.19. The van der Waals surface area contributed by atoms with E-state index >= 15 is 0 Å². The van der Waals surface area contributed by atoms with Crippen molar-refractivity contribution in [1.82, 2.24) is 10.2 Å². The second kappa shape index (κ2) is 8.97. The van der Waals surface area contributed by atoms with E-state index in [0.717, 1.165) is 24.2 Å². The molecule has 0 unspecified atom stereocenters. The Kier molecular flexibility index (Phi) is 6.42. The molecule has 3 rings (SSSR count). The number of carboxylic acid groups (broad SMARTS) is 1. The molecule has 0 radical (unpaired) electrons. The van der Waals surface area contributed by atoms with Crippen LogP contribution in [0, 0.1) is 5.92 Å². The number of aliphatic carboxylic acids is 1. The number of likely N-dealkylation sites (tertiary alicyclic amines) is 1. The summed E-state index contributed by atoms with van der Waals surface area (Å²) in [4.78, 5) is 25.0. The van der Waals surface area contributed by atoms with E-state index in [0.29, 0.717) is 38.2 Å². The van der Waals surface area contributed by atoms with Gasteiger partial charge in [0.05, 0.1) is 19.1 Å². The normalized spacial score (nSPS) is 18.3. The van der Waals surface area contributed by atoms with Gasteiger partial charge in [0.15, 0.2) is 11.5 Å². The molecule has 27 heavy (non-hydrogen) atoms. The number of methoxy groups -OCH3 is 1. The zero-order valence-electron chi connectivity index (χ0n) is 15.8. The number of hydrogen-bond acceptors (Lipinski definition) is 4. The summed E-state index contributed by atoms with van der Waals surface area (Å²) in [7, 11) is 1.62. The number of amides is 2. The molecule has 2 N–H and O–H groups in total. The molecule has 1 saturated carbocycles. The lowest BCUT2D eigenvalue weighted by Crippen LogP contribution is -2.45. The number of carboxylic acids is 1. The van der Waals surface area contributed by atoms with E-state index in [1.165, 1.54) is 12.8 Å². The average molecular weight is 376 g/mol. The van der Waals surface area contributed by atoms with Crippen molar-refractivity contribution in [2.24, 2.45) is 5.92 Å². The highest BCUT2D eigenvalue weighted by Crippen LogP contribution is 2.32. The summed E-state index contributed by atoms with van der Waals surface area (Å²) < 4.78 is 11.5.